The van der Waals surface area contributed by atoms with Crippen molar-refractivity contribution in [3.63, 3.8) is 0 Å². The van der Waals surface area contributed by atoms with Crippen LogP contribution in [0.1, 0.15) is 22.3 Å². The molecule has 0 aromatic heterocycles. The smallest absolute Gasteiger partial charge is 0.0775 e. The van der Waals surface area contributed by atoms with Crippen molar-refractivity contribution >= 4 is 106 Å². The highest BCUT2D eigenvalue weighted by Gasteiger charge is 2.24. The molecule has 0 N–H and O–H groups in total. The van der Waals surface area contributed by atoms with Crippen LogP contribution in [0.15, 0.2) is 303 Å². The number of nitrogens with zero attached hydrogens (tertiary/aromatic N) is 2. The van der Waals surface area contributed by atoms with E-state index in [2.05, 4.69) is 377 Å². The van der Waals surface area contributed by atoms with Crippen molar-refractivity contribution in [3.8, 4) is 44.5 Å². The van der Waals surface area contributed by atoms with Gasteiger partial charge in [-0.25, -0.2) is 0 Å². The first kappa shape index (κ1) is 57.0. The number of para-hydroxylation sites is 2. The van der Waals surface area contributed by atoms with Crippen molar-refractivity contribution in [2.24, 2.45) is 0 Å². The molecule has 13 aromatic rings. The lowest BCUT2D eigenvalue weighted by atomic mass is 9.83. The summed E-state index contributed by atoms with van der Waals surface area (Å²) in [6.45, 7) is 14.5. The lowest BCUT2D eigenvalue weighted by molar-refractivity contribution is 1.28. The summed E-state index contributed by atoms with van der Waals surface area (Å²) < 4.78 is 0. The summed E-state index contributed by atoms with van der Waals surface area (Å²) in [5.41, 5.74) is 20.6. The average molecular weight is 1170 g/mol. The van der Waals surface area contributed by atoms with E-state index in [4.69, 9.17) is 0 Å². The third-order valence-corrected chi connectivity index (χ3v) is 21.0. The first-order valence-corrected chi connectivity index (χ1v) is 37.7. The molecule has 0 aliphatic rings. The summed E-state index contributed by atoms with van der Waals surface area (Å²) in [4.78, 5) is 4.83. The minimum absolute atomic E-state index is 1.09. The highest BCUT2D eigenvalue weighted by molar-refractivity contribution is 6.89. The molecule has 88 heavy (non-hydrogen) atoms. The van der Waals surface area contributed by atoms with Gasteiger partial charge >= 0.3 is 0 Å². The predicted octanol–water partition coefficient (Wildman–Crippen LogP) is 23.0. The molecule has 0 aliphatic heterocycles. The molecule has 0 atom stereocenters. The Bertz CT molecular complexity index is 4350. The minimum atomic E-state index is -1.55. The van der Waals surface area contributed by atoms with Crippen LogP contribution in [-0.2, 0) is 0 Å². The summed E-state index contributed by atoms with van der Waals surface area (Å²) in [5.74, 6) is 0. The van der Waals surface area contributed by atoms with Gasteiger partial charge in [-0.3, -0.25) is 0 Å². The van der Waals surface area contributed by atoms with Gasteiger partial charge < -0.3 is 9.80 Å². The highest BCUT2D eigenvalue weighted by atomic mass is 28.3. The quantitative estimate of drug-likeness (QED) is 0.0540. The molecule has 0 heterocycles. The van der Waals surface area contributed by atoms with Crippen LogP contribution >= 0.6 is 0 Å². The molecule has 0 unspecified atom stereocenters. The molecule has 0 amide bonds. The number of fused-ring (bicyclic) bond motifs is 2. The van der Waals surface area contributed by atoms with Gasteiger partial charge in [0.2, 0.25) is 0 Å². The van der Waals surface area contributed by atoms with Gasteiger partial charge in [0.25, 0.3) is 0 Å². The Labute approximate surface area is 522 Å². The van der Waals surface area contributed by atoms with Gasteiger partial charge in [0.05, 0.1) is 16.1 Å². The van der Waals surface area contributed by atoms with Crippen molar-refractivity contribution in [1.82, 2.24) is 0 Å². The highest BCUT2D eigenvalue weighted by Crippen LogP contribution is 2.49. The Morgan fingerprint density at radius 3 is 0.886 bits per heavy atom. The van der Waals surface area contributed by atoms with Crippen LogP contribution in [0.3, 0.4) is 0 Å². The van der Waals surface area contributed by atoms with Crippen molar-refractivity contribution in [1.29, 1.82) is 0 Å². The number of anilines is 6. The van der Waals surface area contributed by atoms with E-state index in [1.807, 2.05) is 0 Å². The van der Waals surface area contributed by atoms with Crippen LogP contribution in [0, 0.1) is 0 Å². The maximum absolute atomic E-state index is 2.46. The monoisotopic (exact) mass is 1160 g/mol. The largest absolute Gasteiger partial charge is 0.310 e. The van der Waals surface area contributed by atoms with Gasteiger partial charge in [0, 0.05) is 34.1 Å². The Hall–Kier alpha value is -10.1. The molecule has 0 aliphatic carbocycles. The first-order chi connectivity index (χ1) is 42.9. The molecule has 426 valence electrons. The Balaban J connectivity index is 1.06. The van der Waals surface area contributed by atoms with Crippen LogP contribution in [0.4, 0.5) is 34.1 Å². The first-order valence-electron chi connectivity index (χ1n) is 30.7. The fraction of sp³-hybridized carbons (Fsp3) is 0.0714. The summed E-state index contributed by atoms with van der Waals surface area (Å²) in [7, 11) is -3.11. The van der Waals surface area contributed by atoms with Crippen LogP contribution in [0.5, 0.6) is 0 Å². The molecular formula is C84H72N2Si2. The number of hydrogen-bond acceptors (Lipinski definition) is 2. The van der Waals surface area contributed by atoms with Crippen LogP contribution < -0.4 is 20.2 Å². The van der Waals surface area contributed by atoms with E-state index in [-0.39, 0.29) is 0 Å². The zero-order valence-electron chi connectivity index (χ0n) is 51.1. The summed E-state index contributed by atoms with van der Waals surface area (Å²) in [6.07, 6.45) is 8.84. The lowest BCUT2D eigenvalue weighted by Gasteiger charge is -2.28. The van der Waals surface area contributed by atoms with Crippen LogP contribution in [0.2, 0.25) is 39.3 Å². The standard InChI is InChI=1S/C84H72N2Si2/c1-87(2,3)77-49-45-73(46-50-77)85(71-33-15-9-16-34-71)75-37-21-31-69(57-75)83-79-53-43-68(66-30-20-28-64(56-66)42-40-62-25-13-8-14-26-62)60-82(79)84(80-54-44-67(59-81(80)83)65-29-19-27-63(55-65)41-39-61-23-11-7-12-24-61)70-32-22-38-76(58-70)86(72-35-17-10-18-36-72)74-47-51-78(52-48-74)88(4,5)6/h7-60H,1-6H3. The van der Waals surface area contributed by atoms with E-state index in [1.54, 1.807) is 0 Å². The molecule has 0 fully saturated rings. The summed E-state index contributed by atoms with van der Waals surface area (Å²) in [6, 6.07) is 112. The Morgan fingerprint density at radius 1 is 0.216 bits per heavy atom. The Morgan fingerprint density at radius 2 is 0.511 bits per heavy atom. The zero-order valence-corrected chi connectivity index (χ0v) is 53.1. The van der Waals surface area contributed by atoms with Crippen LogP contribution in [0.25, 0.3) is 90.4 Å². The van der Waals surface area contributed by atoms with Gasteiger partial charge in [-0.1, -0.05) is 280 Å². The maximum atomic E-state index is 2.46. The third-order valence-electron chi connectivity index (χ3n) is 16.9. The SMILES string of the molecule is C[Si](C)(C)c1ccc(N(c2ccccc2)c2cccc(-c3c4ccc(-c5cccc(C=Cc6ccccc6)c5)cc4c(-c4cccc(N(c5ccccc5)c5ccc([Si](C)(C)C)cc5)c4)c4ccc(-c5cccc(C=Cc6ccccc6)c5)cc34)c2)cc1. The molecule has 0 radical (unpaired) electrons. The van der Waals surface area contributed by atoms with Gasteiger partial charge in [-0.15, -0.1) is 0 Å². The van der Waals surface area contributed by atoms with Gasteiger partial charge in [-0.05, 0) is 185 Å². The number of benzene rings is 13. The van der Waals surface area contributed by atoms with Gasteiger partial charge in [0.15, 0.2) is 0 Å². The lowest BCUT2D eigenvalue weighted by Crippen LogP contribution is -2.37. The normalized spacial score (nSPS) is 11.9. The van der Waals surface area contributed by atoms with Crippen molar-refractivity contribution < 1.29 is 0 Å². The maximum Gasteiger partial charge on any atom is 0.0775 e. The Kier molecular flexibility index (Phi) is 16.0. The van der Waals surface area contributed by atoms with Gasteiger partial charge in [0.1, 0.15) is 0 Å². The molecule has 0 bridgehead atoms. The number of rotatable bonds is 16. The molecule has 2 nitrogen and oxygen atoms in total. The van der Waals surface area contributed by atoms with Crippen molar-refractivity contribution in [3.05, 3.63) is 326 Å². The van der Waals surface area contributed by atoms with Crippen molar-refractivity contribution in [2.75, 3.05) is 9.80 Å². The second-order valence-corrected chi connectivity index (χ2v) is 35.2. The fourth-order valence-electron chi connectivity index (χ4n) is 12.2. The topological polar surface area (TPSA) is 6.48 Å². The molecule has 13 aromatic carbocycles. The van der Waals surface area contributed by atoms with E-state index in [1.165, 1.54) is 54.2 Å². The molecule has 13 rings (SSSR count). The van der Waals surface area contributed by atoms with Crippen molar-refractivity contribution in [2.45, 2.75) is 39.3 Å². The molecule has 0 saturated carbocycles. The molecule has 0 saturated heterocycles. The second-order valence-electron chi connectivity index (χ2n) is 25.0. The van der Waals surface area contributed by atoms with Crippen LogP contribution in [-0.4, -0.2) is 16.1 Å². The predicted molar refractivity (Wildman–Crippen MR) is 389 cm³/mol. The molecule has 0 spiro atoms. The average Bonchev–Trinajstić information content (AvgIpc) is 0.791. The van der Waals surface area contributed by atoms with E-state index >= 15 is 0 Å². The van der Waals surface area contributed by atoms with Gasteiger partial charge in [-0.2, -0.15) is 0 Å². The fourth-order valence-corrected chi connectivity index (χ4v) is 14.6. The molecular weight excluding hydrogens is 1090 g/mol. The minimum Gasteiger partial charge on any atom is -0.310 e. The van der Waals surface area contributed by atoms with E-state index < -0.39 is 16.1 Å². The second kappa shape index (κ2) is 24.7. The zero-order chi connectivity index (χ0) is 60.2. The van der Waals surface area contributed by atoms with E-state index in [0.717, 1.165) is 78.6 Å². The van der Waals surface area contributed by atoms with E-state index in [0.29, 0.717) is 0 Å². The summed E-state index contributed by atoms with van der Waals surface area (Å²) in [5, 5.41) is 7.60. The number of hydrogen-bond donors (Lipinski definition) is 0. The summed E-state index contributed by atoms with van der Waals surface area (Å²) >= 11 is 0. The third kappa shape index (κ3) is 12.3. The van der Waals surface area contributed by atoms with E-state index in [9.17, 15) is 0 Å². The molecule has 4 heteroatoms.